The summed E-state index contributed by atoms with van der Waals surface area (Å²) in [6, 6.07) is 16.7. The van der Waals surface area contributed by atoms with Crippen molar-refractivity contribution in [3.63, 3.8) is 0 Å². The van der Waals surface area contributed by atoms with Crippen molar-refractivity contribution >= 4 is 29.9 Å². The highest BCUT2D eigenvalue weighted by molar-refractivity contribution is 5.94. The van der Waals surface area contributed by atoms with Gasteiger partial charge in [-0.1, -0.05) is 81.4 Å². The number of nitrogens with one attached hydrogen (secondary N) is 4. The first-order chi connectivity index (χ1) is 23.9. The van der Waals surface area contributed by atoms with Crippen LogP contribution < -0.4 is 32.7 Å². The predicted octanol–water partition coefficient (Wildman–Crippen LogP) is 1.77. The number of aldehydes is 1. The Labute approximate surface area is 296 Å². The predicted molar refractivity (Wildman–Crippen MR) is 195 cm³/mol. The molecule has 0 radical (unpaired) electrons. The fourth-order valence-corrected chi connectivity index (χ4v) is 6.09. The maximum Gasteiger partial charge on any atom is 0.245 e. The van der Waals surface area contributed by atoms with Crippen LogP contribution >= 0.6 is 0 Å². The summed E-state index contributed by atoms with van der Waals surface area (Å²) in [7, 11) is 0. The van der Waals surface area contributed by atoms with Crippen LogP contribution in [0.25, 0.3) is 0 Å². The van der Waals surface area contributed by atoms with Crippen LogP contribution in [0.5, 0.6) is 0 Å². The Morgan fingerprint density at radius 1 is 0.840 bits per heavy atom. The molecule has 1 aliphatic rings. The lowest BCUT2D eigenvalue weighted by molar-refractivity contribution is -0.139. The molecule has 2 unspecified atom stereocenters. The Morgan fingerprint density at radius 2 is 1.44 bits per heavy atom. The van der Waals surface area contributed by atoms with Gasteiger partial charge in [-0.3, -0.25) is 19.2 Å². The van der Waals surface area contributed by atoms with E-state index in [1.165, 1.54) is 0 Å². The maximum absolute atomic E-state index is 13.9. The van der Waals surface area contributed by atoms with Crippen LogP contribution in [-0.2, 0) is 30.4 Å². The molecule has 0 aliphatic carbocycles. The van der Waals surface area contributed by atoms with Gasteiger partial charge in [0.15, 0.2) is 0 Å². The van der Waals surface area contributed by atoms with Gasteiger partial charge in [0.25, 0.3) is 0 Å². The molecular formula is C38H57N7O5. The number of nitrogens with zero attached hydrogens (tertiary/aromatic N) is 1. The van der Waals surface area contributed by atoms with Crippen molar-refractivity contribution in [3.8, 4) is 0 Å². The van der Waals surface area contributed by atoms with Crippen molar-refractivity contribution < 1.29 is 24.0 Å². The van der Waals surface area contributed by atoms with E-state index in [4.69, 9.17) is 11.5 Å². The molecular weight excluding hydrogens is 634 g/mol. The van der Waals surface area contributed by atoms with Gasteiger partial charge in [0.1, 0.15) is 24.4 Å². The van der Waals surface area contributed by atoms with Crippen molar-refractivity contribution in [2.75, 3.05) is 32.7 Å². The molecule has 1 heterocycles. The Kier molecular flexibility index (Phi) is 16.5. The monoisotopic (exact) mass is 691 g/mol. The summed E-state index contributed by atoms with van der Waals surface area (Å²) >= 11 is 0. The zero-order valence-electron chi connectivity index (χ0n) is 29.9. The van der Waals surface area contributed by atoms with E-state index in [0.717, 1.165) is 17.4 Å². The van der Waals surface area contributed by atoms with E-state index < -0.39 is 35.5 Å². The molecule has 1 fully saturated rings. The Hall–Kier alpha value is -4.13. The lowest BCUT2D eigenvalue weighted by Gasteiger charge is -2.37. The van der Waals surface area contributed by atoms with Gasteiger partial charge >= 0.3 is 0 Å². The molecule has 0 aromatic heterocycles. The van der Waals surface area contributed by atoms with Gasteiger partial charge in [0.05, 0.1) is 12.1 Å². The highest BCUT2D eigenvalue weighted by Gasteiger charge is 2.36. The largest absolute Gasteiger partial charge is 0.343 e. The first-order valence-electron chi connectivity index (χ1n) is 17.9. The number of amides is 4. The summed E-state index contributed by atoms with van der Waals surface area (Å²) in [5.74, 6) is -1.32. The number of hydrogen-bond donors (Lipinski definition) is 6. The number of unbranched alkanes of at least 4 members (excludes halogenated alkanes) is 1. The summed E-state index contributed by atoms with van der Waals surface area (Å²) in [5, 5.41) is 11.9. The average molecular weight is 692 g/mol. The SMILES string of the molecule is CC(C)C[C@@H](NC(=O)C(Cc1ccccc1)NC(=O)CNC[C@H](C)c1ccccc1)C(=O)NC(CCCCN)C(=O)N1CCC(N)(C=O)CC1. The molecule has 2 aromatic rings. The molecule has 2 aromatic carbocycles. The average Bonchev–Trinajstić information content (AvgIpc) is 3.11. The van der Waals surface area contributed by atoms with E-state index in [1.54, 1.807) is 4.90 Å². The van der Waals surface area contributed by atoms with Gasteiger partial charge in [-0.15, -0.1) is 0 Å². The van der Waals surface area contributed by atoms with E-state index >= 15 is 0 Å². The lowest BCUT2D eigenvalue weighted by Crippen LogP contribution is -2.59. The molecule has 0 bridgehead atoms. The Balaban J connectivity index is 1.70. The highest BCUT2D eigenvalue weighted by atomic mass is 16.2. The second-order valence-corrected chi connectivity index (χ2v) is 14.0. The smallest absolute Gasteiger partial charge is 0.245 e. The number of likely N-dealkylation sites (tertiary alicyclic amines) is 1. The molecule has 4 amide bonds. The third-order valence-electron chi connectivity index (χ3n) is 9.18. The van der Waals surface area contributed by atoms with Gasteiger partial charge < -0.3 is 42.4 Å². The summed E-state index contributed by atoms with van der Waals surface area (Å²) in [6.45, 7) is 7.64. The minimum Gasteiger partial charge on any atom is -0.343 e. The minimum absolute atomic E-state index is 0.0207. The highest BCUT2D eigenvalue weighted by Crippen LogP contribution is 2.19. The van der Waals surface area contributed by atoms with E-state index in [-0.39, 0.29) is 36.6 Å². The van der Waals surface area contributed by atoms with Crippen molar-refractivity contribution in [1.29, 1.82) is 0 Å². The molecule has 1 aliphatic heterocycles. The van der Waals surface area contributed by atoms with Crippen molar-refractivity contribution in [2.24, 2.45) is 17.4 Å². The van der Waals surface area contributed by atoms with E-state index in [1.807, 2.05) is 74.5 Å². The first-order valence-corrected chi connectivity index (χ1v) is 17.9. The first kappa shape index (κ1) is 40.3. The lowest BCUT2D eigenvalue weighted by atomic mass is 9.90. The maximum atomic E-state index is 13.9. The van der Waals surface area contributed by atoms with Crippen LogP contribution in [0.3, 0.4) is 0 Å². The minimum atomic E-state index is -0.954. The molecule has 12 nitrogen and oxygen atoms in total. The molecule has 0 saturated carbocycles. The van der Waals surface area contributed by atoms with Crippen molar-refractivity contribution in [1.82, 2.24) is 26.2 Å². The third kappa shape index (κ3) is 13.3. The fourth-order valence-electron chi connectivity index (χ4n) is 6.09. The van der Waals surface area contributed by atoms with Gasteiger partial charge in [-0.2, -0.15) is 0 Å². The number of piperidine rings is 1. The van der Waals surface area contributed by atoms with Crippen LogP contribution in [-0.4, -0.2) is 91.2 Å². The quantitative estimate of drug-likeness (QED) is 0.0895. The number of carbonyl (C=O) groups excluding carboxylic acids is 5. The Morgan fingerprint density at radius 3 is 2.04 bits per heavy atom. The third-order valence-corrected chi connectivity index (χ3v) is 9.18. The van der Waals surface area contributed by atoms with Gasteiger partial charge in [0.2, 0.25) is 23.6 Å². The summed E-state index contributed by atoms with van der Waals surface area (Å²) in [5.41, 5.74) is 12.9. The molecule has 274 valence electrons. The van der Waals surface area contributed by atoms with E-state index in [0.29, 0.717) is 64.7 Å². The summed E-state index contributed by atoms with van der Waals surface area (Å²) in [4.78, 5) is 67.5. The number of nitrogens with two attached hydrogens (primary N) is 2. The van der Waals surface area contributed by atoms with Crippen LogP contribution in [0.15, 0.2) is 60.7 Å². The summed E-state index contributed by atoms with van der Waals surface area (Å²) < 4.78 is 0. The van der Waals surface area contributed by atoms with Gasteiger partial charge in [-0.05, 0) is 68.0 Å². The second-order valence-electron chi connectivity index (χ2n) is 14.0. The van der Waals surface area contributed by atoms with E-state index in [2.05, 4.69) is 28.2 Å². The molecule has 3 rings (SSSR count). The standard InChI is InChI=1S/C38H57N7O5/c1-27(2)22-32(35(48)43-31(16-10-11-19-39)37(50)45-20-17-38(40,26-46)18-21-45)44-36(49)33(23-29-12-6-4-7-13-29)42-34(47)25-41-24-28(3)30-14-8-5-9-15-30/h4-9,12-15,26-28,31-33,41H,10-11,16-25,39-40H2,1-3H3,(H,42,47)(H,43,48)(H,44,49)/t28-,31?,32+,33?/m0/s1. The summed E-state index contributed by atoms with van der Waals surface area (Å²) in [6.07, 6.45) is 3.67. The topological polar surface area (TPSA) is 189 Å². The molecule has 0 spiro atoms. The van der Waals surface area contributed by atoms with Crippen molar-refractivity contribution in [2.45, 2.75) is 95.3 Å². The number of rotatable bonds is 20. The van der Waals surface area contributed by atoms with Crippen molar-refractivity contribution in [3.05, 3.63) is 71.8 Å². The molecule has 8 N–H and O–H groups in total. The molecule has 4 atom stereocenters. The van der Waals surface area contributed by atoms with Crippen LogP contribution in [0.4, 0.5) is 0 Å². The second kappa shape index (κ2) is 20.5. The van der Waals surface area contributed by atoms with Gasteiger partial charge in [0, 0.05) is 26.1 Å². The molecule has 50 heavy (non-hydrogen) atoms. The van der Waals surface area contributed by atoms with E-state index in [9.17, 15) is 24.0 Å². The zero-order chi connectivity index (χ0) is 36.5. The van der Waals surface area contributed by atoms with Crippen LogP contribution in [0.2, 0.25) is 0 Å². The Bertz CT molecular complexity index is 1370. The van der Waals surface area contributed by atoms with Gasteiger partial charge in [-0.25, -0.2) is 0 Å². The van der Waals surface area contributed by atoms with Crippen LogP contribution in [0, 0.1) is 5.92 Å². The fraction of sp³-hybridized carbons (Fsp3) is 0.553. The van der Waals surface area contributed by atoms with Crippen LogP contribution in [0.1, 0.15) is 76.3 Å². The normalized spacial score (nSPS) is 16.5. The number of carbonyl (C=O) groups is 5. The number of benzene rings is 2. The molecule has 1 saturated heterocycles. The zero-order valence-corrected chi connectivity index (χ0v) is 29.9. The number of hydrogen-bond acceptors (Lipinski definition) is 8. The molecule has 12 heteroatoms.